The molecule has 0 radical (unpaired) electrons. The zero-order valence-electron chi connectivity index (χ0n) is 10.7. The van der Waals surface area contributed by atoms with E-state index in [1.807, 2.05) is 22.6 Å². The van der Waals surface area contributed by atoms with Crippen LogP contribution in [0.4, 0.5) is 5.69 Å². The summed E-state index contributed by atoms with van der Waals surface area (Å²) in [6.07, 6.45) is 1.31. The standard InChI is InChI=1S/C12H9ClIN3O4/c1-21-9-3-2-7(4-8(9)17(19)20)5-16-6-15-11(13)10(14)12(16)18/h2-4,6H,5H2,1H3. The Hall–Kier alpha value is -1.68. The van der Waals surface area contributed by atoms with Gasteiger partial charge in [-0.15, -0.1) is 0 Å². The van der Waals surface area contributed by atoms with Crippen LogP contribution in [0.1, 0.15) is 5.56 Å². The van der Waals surface area contributed by atoms with Gasteiger partial charge in [0.05, 0.1) is 24.9 Å². The first-order valence-corrected chi connectivity index (χ1v) is 7.11. The predicted octanol–water partition coefficient (Wildman–Crippen LogP) is 2.47. The van der Waals surface area contributed by atoms with Crippen LogP contribution in [0.5, 0.6) is 5.75 Å². The normalized spacial score (nSPS) is 10.4. The lowest BCUT2D eigenvalue weighted by atomic mass is 10.2. The predicted molar refractivity (Wildman–Crippen MR) is 85.0 cm³/mol. The Balaban J connectivity index is 2.41. The monoisotopic (exact) mass is 421 g/mol. The molecule has 21 heavy (non-hydrogen) atoms. The highest BCUT2D eigenvalue weighted by molar-refractivity contribution is 14.1. The Bertz CT molecular complexity index is 763. The van der Waals surface area contributed by atoms with Crippen molar-refractivity contribution in [1.29, 1.82) is 0 Å². The molecule has 0 aliphatic heterocycles. The molecule has 9 heteroatoms. The molecular weight excluding hydrogens is 413 g/mol. The Morgan fingerprint density at radius 1 is 1.52 bits per heavy atom. The third-order valence-electron chi connectivity index (χ3n) is 2.73. The average molecular weight is 422 g/mol. The van der Waals surface area contributed by atoms with E-state index in [0.717, 1.165) is 0 Å². The van der Waals surface area contributed by atoms with Gasteiger partial charge in [-0.05, 0) is 34.2 Å². The number of aromatic nitrogens is 2. The number of halogens is 2. The molecule has 0 saturated carbocycles. The lowest BCUT2D eigenvalue weighted by molar-refractivity contribution is -0.385. The number of rotatable bonds is 4. The quantitative estimate of drug-likeness (QED) is 0.328. The van der Waals surface area contributed by atoms with Crippen LogP contribution in [-0.4, -0.2) is 21.6 Å². The molecule has 0 amide bonds. The number of methoxy groups -OCH3 is 1. The molecule has 110 valence electrons. The molecule has 2 aromatic rings. The fraction of sp³-hybridized carbons (Fsp3) is 0.167. The minimum atomic E-state index is -0.533. The van der Waals surface area contributed by atoms with E-state index in [-0.39, 0.29) is 28.7 Å². The van der Waals surface area contributed by atoms with Gasteiger partial charge in [0, 0.05) is 6.07 Å². The van der Waals surface area contributed by atoms with Crippen molar-refractivity contribution in [3.8, 4) is 5.75 Å². The highest BCUT2D eigenvalue weighted by Crippen LogP contribution is 2.27. The van der Waals surface area contributed by atoms with Gasteiger partial charge < -0.3 is 4.74 Å². The van der Waals surface area contributed by atoms with Gasteiger partial charge in [0.25, 0.3) is 5.56 Å². The summed E-state index contributed by atoms with van der Waals surface area (Å²) >= 11 is 7.57. The van der Waals surface area contributed by atoms with Crippen LogP contribution in [-0.2, 0) is 6.54 Å². The summed E-state index contributed by atoms with van der Waals surface area (Å²) in [6.45, 7) is 0.157. The molecule has 0 aliphatic carbocycles. The number of nitro groups is 1. The van der Waals surface area contributed by atoms with Gasteiger partial charge in [-0.25, -0.2) is 4.98 Å². The summed E-state index contributed by atoms with van der Waals surface area (Å²) in [4.78, 5) is 26.3. The number of nitrogens with zero attached hydrogens (tertiary/aromatic N) is 3. The molecule has 1 aromatic heterocycles. The molecule has 0 saturated heterocycles. The average Bonchev–Trinajstić information content (AvgIpc) is 2.47. The fourth-order valence-corrected chi connectivity index (χ4v) is 2.30. The van der Waals surface area contributed by atoms with Crippen molar-refractivity contribution < 1.29 is 9.66 Å². The third kappa shape index (κ3) is 3.32. The van der Waals surface area contributed by atoms with Crippen LogP contribution in [0, 0.1) is 13.7 Å². The van der Waals surface area contributed by atoms with Crippen LogP contribution in [0.15, 0.2) is 29.3 Å². The SMILES string of the molecule is COc1ccc(Cn2cnc(Cl)c(I)c2=O)cc1[N+](=O)[O-]. The van der Waals surface area contributed by atoms with Gasteiger partial charge in [0.2, 0.25) is 0 Å². The van der Waals surface area contributed by atoms with Gasteiger partial charge in [-0.1, -0.05) is 17.7 Å². The second-order valence-electron chi connectivity index (χ2n) is 4.05. The third-order valence-corrected chi connectivity index (χ3v) is 4.31. The second kappa shape index (κ2) is 6.39. The van der Waals surface area contributed by atoms with Crippen molar-refractivity contribution >= 4 is 39.9 Å². The van der Waals surface area contributed by atoms with Crippen LogP contribution in [0.2, 0.25) is 5.15 Å². The fourth-order valence-electron chi connectivity index (χ4n) is 1.73. The molecule has 7 nitrogen and oxygen atoms in total. The summed E-state index contributed by atoms with van der Waals surface area (Å²) in [5.74, 6) is 0.167. The van der Waals surface area contributed by atoms with Gasteiger partial charge >= 0.3 is 5.69 Å². The summed E-state index contributed by atoms with van der Waals surface area (Å²) in [6, 6.07) is 4.51. The topological polar surface area (TPSA) is 87.3 Å². The summed E-state index contributed by atoms with van der Waals surface area (Å²) in [7, 11) is 1.36. The van der Waals surface area contributed by atoms with E-state index in [2.05, 4.69) is 4.98 Å². The van der Waals surface area contributed by atoms with Crippen LogP contribution >= 0.6 is 34.2 Å². The van der Waals surface area contributed by atoms with Crippen molar-refractivity contribution in [3.63, 3.8) is 0 Å². The minimum absolute atomic E-state index is 0.137. The maximum Gasteiger partial charge on any atom is 0.311 e. The van der Waals surface area contributed by atoms with E-state index < -0.39 is 4.92 Å². The first-order chi connectivity index (χ1) is 9.93. The van der Waals surface area contributed by atoms with Crippen LogP contribution < -0.4 is 10.3 Å². The largest absolute Gasteiger partial charge is 0.490 e. The Labute approximate surface area is 137 Å². The summed E-state index contributed by atoms with van der Waals surface area (Å²) in [5.41, 5.74) is 0.137. The molecule has 0 atom stereocenters. The maximum atomic E-state index is 12.0. The molecule has 0 spiro atoms. The van der Waals surface area contributed by atoms with E-state index >= 15 is 0 Å². The Kier molecular flexibility index (Phi) is 4.78. The lowest BCUT2D eigenvalue weighted by Gasteiger charge is -2.08. The van der Waals surface area contributed by atoms with Gasteiger partial charge in [0.15, 0.2) is 5.75 Å². The molecule has 2 rings (SSSR count). The number of hydrogen-bond acceptors (Lipinski definition) is 5. The zero-order valence-corrected chi connectivity index (χ0v) is 13.7. The second-order valence-corrected chi connectivity index (χ2v) is 5.48. The van der Waals surface area contributed by atoms with E-state index in [0.29, 0.717) is 9.13 Å². The van der Waals surface area contributed by atoms with Crippen molar-refractivity contribution in [2.45, 2.75) is 6.54 Å². The lowest BCUT2D eigenvalue weighted by Crippen LogP contribution is -2.23. The maximum absolute atomic E-state index is 12.0. The molecule has 0 aliphatic rings. The van der Waals surface area contributed by atoms with Gasteiger partial charge in [-0.2, -0.15) is 0 Å². The molecule has 0 bridgehead atoms. The van der Waals surface area contributed by atoms with Crippen molar-refractivity contribution in [3.05, 3.63) is 59.3 Å². The van der Waals surface area contributed by atoms with Crippen molar-refractivity contribution in [2.24, 2.45) is 0 Å². The summed E-state index contributed by atoms with van der Waals surface area (Å²) in [5, 5.41) is 11.1. The smallest absolute Gasteiger partial charge is 0.311 e. The van der Waals surface area contributed by atoms with E-state index in [1.165, 1.54) is 30.1 Å². The van der Waals surface area contributed by atoms with Gasteiger partial charge in [0.1, 0.15) is 8.72 Å². The van der Waals surface area contributed by atoms with Crippen molar-refractivity contribution in [1.82, 2.24) is 9.55 Å². The van der Waals surface area contributed by atoms with E-state index in [1.54, 1.807) is 6.07 Å². The van der Waals surface area contributed by atoms with E-state index in [9.17, 15) is 14.9 Å². The van der Waals surface area contributed by atoms with Crippen LogP contribution in [0.3, 0.4) is 0 Å². The van der Waals surface area contributed by atoms with Gasteiger partial charge in [-0.3, -0.25) is 19.5 Å². The number of ether oxygens (including phenoxy) is 1. The first kappa shape index (κ1) is 15.7. The molecule has 1 heterocycles. The van der Waals surface area contributed by atoms with Crippen molar-refractivity contribution in [2.75, 3.05) is 7.11 Å². The van der Waals surface area contributed by atoms with Crippen LogP contribution in [0.25, 0.3) is 0 Å². The first-order valence-electron chi connectivity index (χ1n) is 5.65. The highest BCUT2D eigenvalue weighted by Gasteiger charge is 2.16. The molecular formula is C12H9ClIN3O4. The van der Waals surface area contributed by atoms with E-state index in [4.69, 9.17) is 16.3 Å². The number of hydrogen-bond donors (Lipinski definition) is 0. The zero-order chi connectivity index (χ0) is 15.6. The number of benzene rings is 1. The summed E-state index contributed by atoms with van der Waals surface area (Å²) < 4.78 is 6.57. The molecule has 0 fully saturated rings. The Morgan fingerprint density at radius 2 is 2.24 bits per heavy atom. The molecule has 1 aromatic carbocycles. The Morgan fingerprint density at radius 3 is 2.86 bits per heavy atom. The molecule has 0 unspecified atom stereocenters. The molecule has 0 N–H and O–H groups in total. The highest BCUT2D eigenvalue weighted by atomic mass is 127. The number of nitro benzene ring substituents is 1. The minimum Gasteiger partial charge on any atom is -0.490 e.